The van der Waals surface area contributed by atoms with Gasteiger partial charge in [-0.25, -0.2) is 0 Å². The average molecular weight is 280 g/mol. The van der Waals surface area contributed by atoms with E-state index in [2.05, 4.69) is 38.2 Å². The molecule has 0 heterocycles. The van der Waals surface area contributed by atoms with Crippen molar-refractivity contribution in [2.24, 2.45) is 0 Å². The zero-order chi connectivity index (χ0) is 14.5. The zero-order valence-corrected chi connectivity index (χ0v) is 13.4. The molecule has 0 saturated heterocycles. The lowest BCUT2D eigenvalue weighted by molar-refractivity contribution is -0.253. The molecule has 0 aromatic heterocycles. The summed E-state index contributed by atoms with van der Waals surface area (Å²) in [5.41, 5.74) is 0. The van der Waals surface area contributed by atoms with Gasteiger partial charge in [-0.15, -0.1) is 0 Å². The van der Waals surface area contributed by atoms with E-state index in [0.29, 0.717) is 0 Å². The van der Waals surface area contributed by atoms with Gasteiger partial charge in [-0.2, -0.15) is 0 Å². The lowest BCUT2D eigenvalue weighted by Gasteiger charge is -2.37. The summed E-state index contributed by atoms with van der Waals surface area (Å²) in [5, 5.41) is 0. The van der Waals surface area contributed by atoms with Crippen LogP contribution in [0.25, 0.3) is 0 Å². The third-order valence-corrected chi connectivity index (χ3v) is 3.85. The highest BCUT2D eigenvalue weighted by Crippen LogP contribution is 2.33. The number of unbranched alkanes of at least 4 members (excludes halogenated alkanes) is 2. The minimum absolute atomic E-state index is 0.274. The van der Waals surface area contributed by atoms with Crippen LogP contribution in [0.15, 0.2) is 24.3 Å². The maximum atomic E-state index is 6.15. The van der Waals surface area contributed by atoms with Gasteiger partial charge in [-0.3, -0.25) is 0 Å². The van der Waals surface area contributed by atoms with Crippen molar-refractivity contribution in [3.63, 3.8) is 0 Å². The van der Waals surface area contributed by atoms with E-state index in [9.17, 15) is 0 Å². The predicted molar refractivity (Wildman–Crippen MR) is 85.8 cm³/mol. The minimum atomic E-state index is -0.274. The summed E-state index contributed by atoms with van der Waals surface area (Å²) in [6.07, 6.45) is 19.0. The Morgan fingerprint density at radius 3 is 1.75 bits per heavy atom. The fraction of sp³-hybridized carbons (Fsp3) is 0.778. The molecule has 0 atom stereocenters. The maximum absolute atomic E-state index is 6.15. The van der Waals surface area contributed by atoms with Gasteiger partial charge in [0.2, 0.25) is 0 Å². The molecule has 0 amide bonds. The fourth-order valence-electron chi connectivity index (χ4n) is 2.67. The molecule has 0 spiro atoms. The van der Waals surface area contributed by atoms with Crippen LogP contribution in [0.3, 0.4) is 0 Å². The summed E-state index contributed by atoms with van der Waals surface area (Å²) in [7, 11) is 0. The van der Waals surface area contributed by atoms with Crippen molar-refractivity contribution < 1.29 is 9.47 Å². The highest BCUT2D eigenvalue weighted by Gasteiger charge is 2.33. The molecule has 0 aromatic carbocycles. The first kappa shape index (κ1) is 17.5. The first-order valence-corrected chi connectivity index (χ1v) is 8.33. The summed E-state index contributed by atoms with van der Waals surface area (Å²) < 4.78 is 12.3. The van der Waals surface area contributed by atoms with Crippen LogP contribution in [0.1, 0.15) is 71.6 Å². The Bertz CT molecular complexity index is 253. The summed E-state index contributed by atoms with van der Waals surface area (Å²) >= 11 is 0. The third-order valence-electron chi connectivity index (χ3n) is 3.85. The van der Waals surface area contributed by atoms with Gasteiger partial charge >= 0.3 is 0 Å². The number of hydrogen-bond acceptors (Lipinski definition) is 2. The van der Waals surface area contributed by atoms with Crippen molar-refractivity contribution in [2.45, 2.75) is 77.4 Å². The Labute approximate surface area is 125 Å². The second-order valence-corrected chi connectivity index (χ2v) is 5.59. The van der Waals surface area contributed by atoms with Crippen molar-refractivity contribution in [2.75, 3.05) is 13.2 Å². The van der Waals surface area contributed by atoms with Crippen LogP contribution < -0.4 is 0 Å². The molecule has 116 valence electrons. The summed E-state index contributed by atoms with van der Waals surface area (Å²) in [6, 6.07) is 0. The Hall–Kier alpha value is -0.600. The van der Waals surface area contributed by atoms with E-state index >= 15 is 0 Å². The van der Waals surface area contributed by atoms with Crippen molar-refractivity contribution in [3.05, 3.63) is 24.3 Å². The number of allylic oxidation sites excluding steroid dienone is 4. The van der Waals surface area contributed by atoms with Gasteiger partial charge in [-0.05, 0) is 52.4 Å². The van der Waals surface area contributed by atoms with E-state index < -0.39 is 0 Å². The monoisotopic (exact) mass is 280 g/mol. The molecule has 1 aliphatic carbocycles. The second kappa shape index (κ2) is 11.1. The van der Waals surface area contributed by atoms with E-state index in [4.69, 9.17) is 9.47 Å². The first-order chi connectivity index (χ1) is 9.83. The van der Waals surface area contributed by atoms with Crippen LogP contribution >= 0.6 is 0 Å². The van der Waals surface area contributed by atoms with Gasteiger partial charge in [0.25, 0.3) is 0 Å². The van der Waals surface area contributed by atoms with Crippen molar-refractivity contribution >= 4 is 0 Å². The van der Waals surface area contributed by atoms with E-state index in [1.165, 1.54) is 19.3 Å². The first-order valence-electron chi connectivity index (χ1n) is 8.33. The molecule has 0 aliphatic heterocycles. The molecule has 20 heavy (non-hydrogen) atoms. The van der Waals surface area contributed by atoms with Crippen LogP contribution in [0.5, 0.6) is 0 Å². The maximum Gasteiger partial charge on any atom is 0.168 e. The summed E-state index contributed by atoms with van der Waals surface area (Å²) in [4.78, 5) is 0. The van der Waals surface area contributed by atoms with Crippen LogP contribution in [-0.4, -0.2) is 19.0 Å². The van der Waals surface area contributed by atoms with Gasteiger partial charge in [0, 0.05) is 12.8 Å². The van der Waals surface area contributed by atoms with Gasteiger partial charge in [0.05, 0.1) is 13.2 Å². The van der Waals surface area contributed by atoms with Crippen molar-refractivity contribution in [1.82, 2.24) is 0 Å². The third kappa shape index (κ3) is 7.25. The average Bonchev–Trinajstić information content (AvgIpc) is 2.48. The van der Waals surface area contributed by atoms with Gasteiger partial charge < -0.3 is 9.47 Å². The summed E-state index contributed by atoms with van der Waals surface area (Å²) in [5.74, 6) is -0.274. The van der Waals surface area contributed by atoms with Crippen LogP contribution in [-0.2, 0) is 9.47 Å². The number of ether oxygens (including phenoxy) is 2. The highest BCUT2D eigenvalue weighted by molar-refractivity contribution is 4.79. The topological polar surface area (TPSA) is 18.5 Å². The van der Waals surface area contributed by atoms with E-state index in [1.807, 2.05) is 0 Å². The molecule has 0 unspecified atom stereocenters. The molecular formula is C18H32O2. The molecule has 1 aliphatic rings. The normalized spacial score (nSPS) is 19.1. The molecule has 1 fully saturated rings. The van der Waals surface area contributed by atoms with Crippen LogP contribution in [0.2, 0.25) is 0 Å². The molecule has 2 heteroatoms. The standard InChI is InChI=1S/C18H32O2/c1-3-5-7-12-16-19-18(14-10-9-11-15-18)20-17-13-8-6-4-2/h3-6H,7-17H2,1-2H3/b5-3+,6-4+. The van der Waals surface area contributed by atoms with E-state index in [0.717, 1.165) is 51.7 Å². The minimum Gasteiger partial charge on any atom is -0.350 e. The molecule has 2 nitrogen and oxygen atoms in total. The van der Waals surface area contributed by atoms with Crippen LogP contribution in [0, 0.1) is 0 Å². The predicted octanol–water partition coefficient (Wildman–Crippen LogP) is 5.39. The number of hydrogen-bond donors (Lipinski definition) is 0. The molecular weight excluding hydrogens is 248 g/mol. The largest absolute Gasteiger partial charge is 0.350 e. The molecule has 0 bridgehead atoms. The van der Waals surface area contributed by atoms with E-state index in [1.54, 1.807) is 0 Å². The molecule has 0 N–H and O–H groups in total. The SMILES string of the molecule is C/C=C/CCCOC1(OCCC/C=C/C)CCCCC1. The quantitative estimate of drug-likeness (QED) is 0.303. The Kier molecular flexibility index (Phi) is 9.69. The fourth-order valence-corrected chi connectivity index (χ4v) is 2.67. The van der Waals surface area contributed by atoms with Crippen molar-refractivity contribution in [3.8, 4) is 0 Å². The lowest BCUT2D eigenvalue weighted by Crippen LogP contribution is -2.38. The van der Waals surface area contributed by atoms with Gasteiger partial charge in [-0.1, -0.05) is 30.7 Å². The molecule has 1 saturated carbocycles. The van der Waals surface area contributed by atoms with Gasteiger partial charge in [0.1, 0.15) is 0 Å². The van der Waals surface area contributed by atoms with Crippen LogP contribution in [0.4, 0.5) is 0 Å². The zero-order valence-electron chi connectivity index (χ0n) is 13.4. The molecule has 1 rings (SSSR count). The lowest BCUT2D eigenvalue weighted by atomic mass is 9.94. The smallest absolute Gasteiger partial charge is 0.168 e. The van der Waals surface area contributed by atoms with E-state index in [-0.39, 0.29) is 5.79 Å². The number of rotatable bonds is 10. The Morgan fingerprint density at radius 1 is 0.800 bits per heavy atom. The van der Waals surface area contributed by atoms with Gasteiger partial charge in [0.15, 0.2) is 5.79 Å². The second-order valence-electron chi connectivity index (χ2n) is 5.59. The van der Waals surface area contributed by atoms with Crippen molar-refractivity contribution in [1.29, 1.82) is 0 Å². The summed E-state index contributed by atoms with van der Waals surface area (Å²) in [6.45, 7) is 5.77. The Balaban J connectivity index is 2.28. The molecule has 0 radical (unpaired) electrons. The highest BCUT2D eigenvalue weighted by atomic mass is 16.7. The Morgan fingerprint density at radius 2 is 1.30 bits per heavy atom. The molecule has 0 aromatic rings.